The van der Waals surface area contributed by atoms with Gasteiger partial charge >= 0.3 is 5.97 Å². The SMILES string of the molecule is C[C@H](Nc1nc(SCc2ccccc2)c2ncn([C@H]3O[C@@H](CO)[C@@H](O)[C@H]3O)c2n1)C(=O)O. The molecule has 1 saturated heterocycles. The lowest BCUT2D eigenvalue weighted by molar-refractivity contribution is -0.137. The number of carbonyl (C=O) groups is 1. The van der Waals surface area contributed by atoms with Gasteiger partial charge < -0.3 is 30.5 Å². The fraction of sp³-hybridized carbons (Fsp3) is 0.400. The van der Waals surface area contributed by atoms with E-state index in [-0.39, 0.29) is 5.95 Å². The minimum absolute atomic E-state index is 0.0801. The highest BCUT2D eigenvalue weighted by atomic mass is 32.2. The van der Waals surface area contributed by atoms with Crippen LogP contribution < -0.4 is 5.32 Å². The highest BCUT2D eigenvalue weighted by molar-refractivity contribution is 7.98. The smallest absolute Gasteiger partial charge is 0.325 e. The Morgan fingerprint density at radius 1 is 1.25 bits per heavy atom. The van der Waals surface area contributed by atoms with Crippen LogP contribution in [0.25, 0.3) is 11.2 Å². The summed E-state index contributed by atoms with van der Waals surface area (Å²) in [5.41, 5.74) is 1.81. The fourth-order valence-corrected chi connectivity index (χ4v) is 4.26. The second-order valence-electron chi connectivity index (χ2n) is 7.38. The lowest BCUT2D eigenvalue weighted by atomic mass is 10.1. The molecule has 1 fully saturated rings. The van der Waals surface area contributed by atoms with Gasteiger partial charge in [0.2, 0.25) is 5.95 Å². The molecule has 1 aliphatic rings. The molecule has 5 N–H and O–H groups in total. The third-order valence-corrected chi connectivity index (χ3v) is 6.15. The summed E-state index contributed by atoms with van der Waals surface area (Å²) in [4.78, 5) is 24.5. The van der Waals surface area contributed by atoms with Gasteiger partial charge in [0.1, 0.15) is 34.9 Å². The number of nitrogens with one attached hydrogen (secondary N) is 1. The van der Waals surface area contributed by atoms with Crippen molar-refractivity contribution in [3.8, 4) is 0 Å². The number of hydrogen-bond acceptors (Lipinski definition) is 10. The maximum atomic E-state index is 11.3. The Morgan fingerprint density at radius 2 is 2.00 bits per heavy atom. The van der Waals surface area contributed by atoms with Crippen LogP contribution in [0, 0.1) is 0 Å². The Morgan fingerprint density at radius 3 is 2.66 bits per heavy atom. The molecule has 0 radical (unpaired) electrons. The normalized spacial score (nSPS) is 24.0. The standard InChI is InChI=1S/C20H23N5O6S/c1-10(19(29)30)22-20-23-16-13(17(24-20)32-8-11-5-3-2-4-6-11)21-9-25(16)18-15(28)14(27)12(7-26)31-18/h2-6,9-10,12,14-15,18,26-28H,7-8H2,1H3,(H,29,30)(H,22,23,24)/t10-,12-,14+,15+,18-/m0/s1. The second-order valence-corrected chi connectivity index (χ2v) is 8.35. The molecule has 170 valence electrons. The van der Waals surface area contributed by atoms with Crippen molar-refractivity contribution in [1.29, 1.82) is 0 Å². The van der Waals surface area contributed by atoms with Crippen LogP contribution in [0.1, 0.15) is 18.7 Å². The molecule has 0 saturated carbocycles. The molecule has 0 bridgehead atoms. The molecule has 4 rings (SSSR count). The molecule has 3 aromatic rings. The van der Waals surface area contributed by atoms with Gasteiger partial charge in [-0.1, -0.05) is 42.1 Å². The number of aromatic nitrogens is 4. The molecular weight excluding hydrogens is 438 g/mol. The lowest BCUT2D eigenvalue weighted by Crippen LogP contribution is -2.33. The Hall–Kier alpha value is -2.77. The molecule has 0 amide bonds. The van der Waals surface area contributed by atoms with Gasteiger partial charge in [-0.2, -0.15) is 4.98 Å². The van der Waals surface area contributed by atoms with E-state index >= 15 is 0 Å². The molecule has 5 atom stereocenters. The summed E-state index contributed by atoms with van der Waals surface area (Å²) in [5.74, 6) is -0.387. The maximum Gasteiger partial charge on any atom is 0.325 e. The van der Waals surface area contributed by atoms with E-state index in [1.54, 1.807) is 0 Å². The zero-order valence-corrected chi connectivity index (χ0v) is 17.9. The largest absolute Gasteiger partial charge is 0.480 e. The Labute approximate surface area is 187 Å². The zero-order chi connectivity index (χ0) is 22.8. The predicted octanol–water partition coefficient (Wildman–Crippen LogP) is 0.615. The lowest BCUT2D eigenvalue weighted by Gasteiger charge is -2.17. The number of nitrogens with zero attached hydrogens (tertiary/aromatic N) is 4. The van der Waals surface area contributed by atoms with E-state index in [4.69, 9.17) is 4.74 Å². The number of aliphatic hydroxyl groups excluding tert-OH is 3. The fourth-order valence-electron chi connectivity index (χ4n) is 3.33. The molecule has 3 heterocycles. The van der Waals surface area contributed by atoms with Gasteiger partial charge in [0.15, 0.2) is 11.9 Å². The van der Waals surface area contributed by atoms with Crippen molar-refractivity contribution in [2.75, 3.05) is 11.9 Å². The highest BCUT2D eigenvalue weighted by Crippen LogP contribution is 2.34. The van der Waals surface area contributed by atoms with Crippen molar-refractivity contribution >= 4 is 34.8 Å². The Bertz CT molecular complexity index is 1100. The number of imidazole rings is 1. The molecule has 32 heavy (non-hydrogen) atoms. The number of aliphatic carboxylic acids is 1. The first-order valence-electron chi connectivity index (χ1n) is 9.92. The number of ether oxygens (including phenoxy) is 1. The topological polar surface area (TPSA) is 163 Å². The summed E-state index contributed by atoms with van der Waals surface area (Å²) < 4.78 is 7.06. The summed E-state index contributed by atoms with van der Waals surface area (Å²) in [6.07, 6.45) is -3.16. The summed E-state index contributed by atoms with van der Waals surface area (Å²) in [6, 6.07) is 8.82. The number of fused-ring (bicyclic) bond motifs is 1. The molecular formula is C20H23N5O6S. The van der Waals surface area contributed by atoms with Crippen molar-refractivity contribution in [2.24, 2.45) is 0 Å². The van der Waals surface area contributed by atoms with Crippen LogP contribution >= 0.6 is 11.8 Å². The van der Waals surface area contributed by atoms with Crippen LogP contribution in [0.5, 0.6) is 0 Å². The first-order chi connectivity index (χ1) is 15.4. The number of benzene rings is 1. The molecule has 2 aromatic heterocycles. The number of thioether (sulfide) groups is 1. The van der Waals surface area contributed by atoms with E-state index in [9.17, 15) is 25.2 Å². The van der Waals surface area contributed by atoms with Crippen molar-refractivity contribution in [1.82, 2.24) is 19.5 Å². The first-order valence-corrected chi connectivity index (χ1v) is 10.9. The Kier molecular flexibility index (Phi) is 6.58. The quantitative estimate of drug-likeness (QED) is 0.236. The Balaban J connectivity index is 1.72. The number of carboxylic acids is 1. The summed E-state index contributed by atoms with van der Waals surface area (Å²) in [6.45, 7) is 1.01. The van der Waals surface area contributed by atoms with E-state index in [0.717, 1.165) is 5.56 Å². The van der Waals surface area contributed by atoms with Crippen molar-refractivity contribution < 1.29 is 30.0 Å². The van der Waals surface area contributed by atoms with Crippen LogP contribution in [0.3, 0.4) is 0 Å². The third-order valence-electron chi connectivity index (χ3n) is 5.12. The summed E-state index contributed by atoms with van der Waals surface area (Å²) in [5, 5.41) is 42.4. The van der Waals surface area contributed by atoms with Crippen LogP contribution in [0.4, 0.5) is 5.95 Å². The van der Waals surface area contributed by atoms with E-state index in [1.165, 1.54) is 29.6 Å². The van der Waals surface area contributed by atoms with Gasteiger partial charge in [-0.15, -0.1) is 0 Å². The van der Waals surface area contributed by atoms with Crippen LogP contribution in [0.2, 0.25) is 0 Å². The number of aliphatic hydroxyl groups is 3. The molecule has 12 heteroatoms. The highest BCUT2D eigenvalue weighted by Gasteiger charge is 2.44. The van der Waals surface area contributed by atoms with Crippen LogP contribution in [0.15, 0.2) is 41.7 Å². The molecule has 1 aromatic carbocycles. The number of hydrogen-bond donors (Lipinski definition) is 5. The minimum Gasteiger partial charge on any atom is -0.480 e. The average Bonchev–Trinajstić information content (AvgIpc) is 3.33. The van der Waals surface area contributed by atoms with E-state index < -0.39 is 43.2 Å². The molecule has 0 spiro atoms. The molecule has 11 nitrogen and oxygen atoms in total. The van der Waals surface area contributed by atoms with Crippen LogP contribution in [-0.2, 0) is 15.3 Å². The third kappa shape index (κ3) is 4.40. The van der Waals surface area contributed by atoms with E-state index in [2.05, 4.69) is 20.3 Å². The number of rotatable bonds is 8. The van der Waals surface area contributed by atoms with E-state index in [0.29, 0.717) is 21.9 Å². The first kappa shape index (κ1) is 22.4. The van der Waals surface area contributed by atoms with Crippen molar-refractivity contribution in [3.63, 3.8) is 0 Å². The van der Waals surface area contributed by atoms with Gasteiger partial charge in [0.25, 0.3) is 0 Å². The van der Waals surface area contributed by atoms with Crippen LogP contribution in [-0.4, -0.2) is 76.9 Å². The van der Waals surface area contributed by atoms with Crippen molar-refractivity contribution in [3.05, 3.63) is 42.2 Å². The predicted molar refractivity (Wildman–Crippen MR) is 115 cm³/mol. The van der Waals surface area contributed by atoms with Gasteiger partial charge in [-0.3, -0.25) is 9.36 Å². The van der Waals surface area contributed by atoms with E-state index in [1.807, 2.05) is 30.3 Å². The molecule has 1 aliphatic heterocycles. The zero-order valence-electron chi connectivity index (χ0n) is 17.1. The summed E-state index contributed by atoms with van der Waals surface area (Å²) in [7, 11) is 0. The number of carboxylic acid groups (broad SMARTS) is 1. The summed E-state index contributed by atoms with van der Waals surface area (Å²) >= 11 is 1.41. The molecule has 0 unspecified atom stereocenters. The van der Waals surface area contributed by atoms with Gasteiger partial charge in [-0.05, 0) is 12.5 Å². The van der Waals surface area contributed by atoms with Gasteiger partial charge in [-0.25, -0.2) is 9.97 Å². The monoisotopic (exact) mass is 461 g/mol. The number of anilines is 1. The van der Waals surface area contributed by atoms with Gasteiger partial charge in [0, 0.05) is 5.75 Å². The minimum atomic E-state index is -1.31. The second kappa shape index (κ2) is 9.38. The average molecular weight is 462 g/mol. The maximum absolute atomic E-state index is 11.3. The van der Waals surface area contributed by atoms with Crippen molar-refractivity contribution in [2.45, 2.75) is 48.3 Å². The van der Waals surface area contributed by atoms with Gasteiger partial charge in [0.05, 0.1) is 12.9 Å². The molecule has 0 aliphatic carbocycles.